The van der Waals surface area contributed by atoms with Crippen LogP contribution in [0.5, 0.6) is 5.75 Å². The van der Waals surface area contributed by atoms with E-state index in [-0.39, 0.29) is 12.0 Å². The number of rotatable bonds is 4. The van der Waals surface area contributed by atoms with Crippen molar-refractivity contribution in [1.29, 1.82) is 0 Å². The molecule has 116 valence electrons. The van der Waals surface area contributed by atoms with Crippen molar-refractivity contribution in [3.05, 3.63) is 29.8 Å². The van der Waals surface area contributed by atoms with E-state index in [1.165, 1.54) is 32.1 Å². The van der Waals surface area contributed by atoms with Crippen LogP contribution in [0.4, 0.5) is 0 Å². The van der Waals surface area contributed by atoms with Crippen molar-refractivity contribution in [2.24, 2.45) is 0 Å². The third kappa shape index (κ3) is 5.07. The second kappa shape index (κ2) is 8.06. The Morgan fingerprint density at radius 3 is 2.38 bits per heavy atom. The first-order valence-electron chi connectivity index (χ1n) is 8.23. The molecule has 1 fully saturated rings. The molecule has 1 aliphatic rings. The molecule has 0 heterocycles. The largest absolute Gasteiger partial charge is 0.490 e. The average Bonchev–Trinajstić information content (AvgIpc) is 2.41. The van der Waals surface area contributed by atoms with E-state index >= 15 is 0 Å². The Kier molecular flexibility index (Phi) is 6.09. The van der Waals surface area contributed by atoms with Gasteiger partial charge in [0.25, 0.3) is 5.91 Å². The molecule has 2 rings (SSSR count). The van der Waals surface area contributed by atoms with Crippen LogP contribution in [-0.2, 0) is 0 Å². The highest BCUT2D eigenvalue weighted by molar-refractivity contribution is 5.97. The van der Waals surface area contributed by atoms with E-state index in [2.05, 4.69) is 5.32 Å². The molecule has 0 radical (unpaired) electrons. The molecule has 0 aromatic heterocycles. The molecule has 1 aromatic rings. The lowest BCUT2D eigenvalue weighted by molar-refractivity contribution is 0.0924. The van der Waals surface area contributed by atoms with E-state index in [9.17, 15) is 4.79 Å². The third-order valence-corrected chi connectivity index (χ3v) is 3.93. The standard InChI is InChI=1S/C18H27NO2/c1-14(2)21-17-13-9-8-12-16(17)18(20)19-15-10-6-4-3-5-7-11-15/h8-9,12-15H,3-7,10-11H2,1-2H3,(H,19,20). The van der Waals surface area contributed by atoms with E-state index in [0.717, 1.165) is 12.8 Å². The van der Waals surface area contributed by atoms with Gasteiger partial charge in [0, 0.05) is 6.04 Å². The molecule has 3 nitrogen and oxygen atoms in total. The second-order valence-electron chi connectivity index (χ2n) is 6.18. The van der Waals surface area contributed by atoms with Crippen LogP contribution < -0.4 is 10.1 Å². The van der Waals surface area contributed by atoms with Crippen molar-refractivity contribution >= 4 is 5.91 Å². The van der Waals surface area contributed by atoms with E-state index in [0.29, 0.717) is 17.4 Å². The van der Waals surface area contributed by atoms with Gasteiger partial charge in [0.1, 0.15) is 5.75 Å². The highest BCUT2D eigenvalue weighted by Gasteiger charge is 2.18. The molecule has 0 atom stereocenters. The van der Waals surface area contributed by atoms with Crippen LogP contribution in [-0.4, -0.2) is 18.1 Å². The van der Waals surface area contributed by atoms with Crippen molar-refractivity contribution < 1.29 is 9.53 Å². The molecule has 1 N–H and O–H groups in total. The Bertz CT molecular complexity index is 448. The number of amides is 1. The Labute approximate surface area is 128 Å². The number of nitrogens with one attached hydrogen (secondary N) is 1. The van der Waals surface area contributed by atoms with Crippen molar-refractivity contribution in [3.8, 4) is 5.75 Å². The van der Waals surface area contributed by atoms with Gasteiger partial charge in [-0.2, -0.15) is 0 Å². The summed E-state index contributed by atoms with van der Waals surface area (Å²) in [6.45, 7) is 3.95. The number of carbonyl (C=O) groups excluding carboxylic acids is 1. The lowest BCUT2D eigenvalue weighted by Gasteiger charge is -2.22. The van der Waals surface area contributed by atoms with Gasteiger partial charge in [0.05, 0.1) is 11.7 Å². The number of benzene rings is 1. The van der Waals surface area contributed by atoms with Crippen LogP contribution in [0.3, 0.4) is 0 Å². The van der Waals surface area contributed by atoms with Gasteiger partial charge in [-0.15, -0.1) is 0 Å². The highest BCUT2D eigenvalue weighted by Crippen LogP contribution is 2.21. The Balaban J connectivity index is 2.01. The van der Waals surface area contributed by atoms with Gasteiger partial charge in [-0.1, -0.05) is 44.2 Å². The van der Waals surface area contributed by atoms with Crippen LogP contribution in [0.1, 0.15) is 69.2 Å². The van der Waals surface area contributed by atoms with Crippen molar-refractivity contribution in [2.75, 3.05) is 0 Å². The summed E-state index contributed by atoms with van der Waals surface area (Å²) in [5.74, 6) is 0.674. The fourth-order valence-electron chi connectivity index (χ4n) is 2.87. The Hall–Kier alpha value is -1.51. The number of hydrogen-bond acceptors (Lipinski definition) is 2. The molecule has 1 aliphatic carbocycles. The zero-order valence-corrected chi connectivity index (χ0v) is 13.2. The minimum absolute atomic E-state index is 0.00294. The van der Waals surface area contributed by atoms with Gasteiger partial charge in [0.2, 0.25) is 0 Å². The topological polar surface area (TPSA) is 38.3 Å². The summed E-state index contributed by atoms with van der Waals surface area (Å²) < 4.78 is 5.74. The average molecular weight is 289 g/mol. The maximum absolute atomic E-state index is 12.5. The molecule has 0 unspecified atom stereocenters. The molecule has 21 heavy (non-hydrogen) atoms. The summed E-state index contributed by atoms with van der Waals surface area (Å²) in [6, 6.07) is 7.82. The van der Waals surface area contributed by atoms with Gasteiger partial charge < -0.3 is 10.1 Å². The zero-order valence-electron chi connectivity index (χ0n) is 13.2. The smallest absolute Gasteiger partial charge is 0.255 e. The van der Waals surface area contributed by atoms with Crippen LogP contribution >= 0.6 is 0 Å². The van der Waals surface area contributed by atoms with E-state index < -0.39 is 0 Å². The summed E-state index contributed by atoms with van der Waals surface area (Å²) >= 11 is 0. The molecule has 1 amide bonds. The van der Waals surface area contributed by atoms with Gasteiger partial charge in [-0.3, -0.25) is 4.79 Å². The van der Waals surface area contributed by atoms with Crippen molar-refractivity contribution in [1.82, 2.24) is 5.32 Å². The van der Waals surface area contributed by atoms with Crippen LogP contribution in [0.2, 0.25) is 0 Å². The van der Waals surface area contributed by atoms with Crippen LogP contribution in [0.15, 0.2) is 24.3 Å². The fourth-order valence-corrected chi connectivity index (χ4v) is 2.87. The van der Waals surface area contributed by atoms with Crippen LogP contribution in [0, 0.1) is 0 Å². The highest BCUT2D eigenvalue weighted by atomic mass is 16.5. The molecule has 0 bridgehead atoms. The Morgan fingerprint density at radius 2 is 1.71 bits per heavy atom. The molecule has 0 saturated heterocycles. The number of hydrogen-bond donors (Lipinski definition) is 1. The van der Waals surface area contributed by atoms with Crippen molar-refractivity contribution in [3.63, 3.8) is 0 Å². The first-order valence-corrected chi connectivity index (χ1v) is 8.23. The minimum Gasteiger partial charge on any atom is -0.490 e. The van der Waals surface area contributed by atoms with Gasteiger partial charge in [-0.25, -0.2) is 0 Å². The molecule has 1 saturated carbocycles. The number of para-hydroxylation sites is 1. The van der Waals surface area contributed by atoms with E-state index in [1.807, 2.05) is 38.1 Å². The maximum atomic E-state index is 12.5. The third-order valence-electron chi connectivity index (χ3n) is 3.93. The van der Waals surface area contributed by atoms with E-state index in [1.54, 1.807) is 0 Å². The molecular formula is C18H27NO2. The fraction of sp³-hybridized carbons (Fsp3) is 0.611. The molecule has 0 spiro atoms. The van der Waals surface area contributed by atoms with Gasteiger partial charge >= 0.3 is 0 Å². The molecule has 3 heteroatoms. The number of ether oxygens (including phenoxy) is 1. The summed E-state index contributed by atoms with van der Waals surface area (Å²) in [5, 5.41) is 3.20. The minimum atomic E-state index is -0.00294. The summed E-state index contributed by atoms with van der Waals surface area (Å²) in [6.07, 6.45) is 8.62. The summed E-state index contributed by atoms with van der Waals surface area (Å²) in [5.41, 5.74) is 0.647. The van der Waals surface area contributed by atoms with Gasteiger partial charge in [0.15, 0.2) is 0 Å². The summed E-state index contributed by atoms with van der Waals surface area (Å²) in [4.78, 5) is 12.5. The SMILES string of the molecule is CC(C)Oc1ccccc1C(=O)NC1CCCCCCC1. The monoisotopic (exact) mass is 289 g/mol. The molecular weight excluding hydrogens is 262 g/mol. The normalized spacial score (nSPS) is 17.1. The number of carbonyl (C=O) groups is 1. The van der Waals surface area contributed by atoms with Gasteiger partial charge in [-0.05, 0) is 38.8 Å². The quantitative estimate of drug-likeness (QED) is 0.896. The van der Waals surface area contributed by atoms with Crippen LogP contribution in [0.25, 0.3) is 0 Å². The van der Waals surface area contributed by atoms with E-state index in [4.69, 9.17) is 4.74 Å². The predicted octanol–water partition coefficient (Wildman–Crippen LogP) is 4.32. The lowest BCUT2D eigenvalue weighted by Crippen LogP contribution is -2.35. The predicted molar refractivity (Wildman–Crippen MR) is 85.8 cm³/mol. The second-order valence-corrected chi connectivity index (χ2v) is 6.18. The molecule has 1 aromatic carbocycles. The molecule has 0 aliphatic heterocycles. The summed E-state index contributed by atoms with van der Waals surface area (Å²) in [7, 11) is 0. The zero-order chi connectivity index (χ0) is 15.1. The maximum Gasteiger partial charge on any atom is 0.255 e. The first kappa shape index (κ1) is 15.9. The van der Waals surface area contributed by atoms with Crippen molar-refractivity contribution in [2.45, 2.75) is 70.9 Å². The lowest BCUT2D eigenvalue weighted by atomic mass is 9.96. The first-order chi connectivity index (χ1) is 10.2. The Morgan fingerprint density at radius 1 is 1.10 bits per heavy atom.